The molecule has 3 rings (SSSR count). The lowest BCUT2D eigenvalue weighted by molar-refractivity contribution is 0.0600. The third-order valence-corrected chi connectivity index (χ3v) is 3.25. The first-order chi connectivity index (χ1) is 12.1. The Morgan fingerprint density at radius 1 is 1.12 bits per heavy atom. The lowest BCUT2D eigenvalue weighted by Crippen LogP contribution is -2.13. The zero-order valence-electron chi connectivity index (χ0n) is 13.0. The van der Waals surface area contributed by atoms with E-state index in [1.165, 1.54) is 37.4 Å². The van der Waals surface area contributed by atoms with Gasteiger partial charge in [-0.25, -0.2) is 9.18 Å². The molecule has 0 aliphatic rings. The fourth-order valence-electron chi connectivity index (χ4n) is 2.05. The Bertz CT molecular complexity index is 922. The molecule has 1 N–H and O–H groups in total. The Labute approximate surface area is 141 Å². The van der Waals surface area contributed by atoms with E-state index >= 15 is 0 Å². The van der Waals surface area contributed by atoms with Crippen LogP contribution in [0.15, 0.2) is 52.9 Å². The lowest BCUT2D eigenvalue weighted by atomic mass is 10.2. The molecule has 0 bridgehead atoms. The zero-order valence-corrected chi connectivity index (χ0v) is 13.0. The largest absolute Gasteiger partial charge is 0.465 e. The second-order valence-electron chi connectivity index (χ2n) is 4.95. The van der Waals surface area contributed by atoms with Gasteiger partial charge in [0.15, 0.2) is 0 Å². The minimum atomic E-state index is -0.636. The maximum absolute atomic E-state index is 12.9. The summed E-state index contributed by atoms with van der Waals surface area (Å²) in [6.45, 7) is 0. The van der Waals surface area contributed by atoms with Gasteiger partial charge in [-0.2, -0.15) is 0 Å². The van der Waals surface area contributed by atoms with Crippen molar-refractivity contribution in [1.82, 2.24) is 10.2 Å². The SMILES string of the molecule is COC(=O)c1cccc(NC(=O)c2nnc(-c3ccc(F)cc3)o2)c1. The normalized spacial score (nSPS) is 10.3. The second kappa shape index (κ2) is 6.91. The summed E-state index contributed by atoms with van der Waals surface area (Å²) < 4.78 is 22.8. The predicted octanol–water partition coefficient (Wildman–Crippen LogP) is 2.91. The van der Waals surface area contributed by atoms with E-state index in [4.69, 9.17) is 4.42 Å². The summed E-state index contributed by atoms with van der Waals surface area (Å²) in [6.07, 6.45) is 0. The number of aromatic nitrogens is 2. The number of nitrogens with one attached hydrogen (secondary N) is 1. The summed E-state index contributed by atoms with van der Waals surface area (Å²) >= 11 is 0. The van der Waals surface area contributed by atoms with Gasteiger partial charge < -0.3 is 14.5 Å². The van der Waals surface area contributed by atoms with Crippen LogP contribution < -0.4 is 5.32 Å². The summed E-state index contributed by atoms with van der Waals surface area (Å²) in [6, 6.07) is 11.6. The Balaban J connectivity index is 1.76. The van der Waals surface area contributed by atoms with E-state index in [2.05, 4.69) is 20.3 Å². The first-order valence-electron chi connectivity index (χ1n) is 7.16. The van der Waals surface area contributed by atoms with E-state index in [9.17, 15) is 14.0 Å². The number of halogens is 1. The van der Waals surface area contributed by atoms with Crippen LogP contribution in [0, 0.1) is 5.82 Å². The van der Waals surface area contributed by atoms with Gasteiger partial charge in [0.05, 0.1) is 12.7 Å². The van der Waals surface area contributed by atoms with Crippen molar-refractivity contribution in [2.45, 2.75) is 0 Å². The van der Waals surface area contributed by atoms with Crippen molar-refractivity contribution in [3.05, 3.63) is 65.8 Å². The van der Waals surface area contributed by atoms with Crippen molar-refractivity contribution >= 4 is 17.6 Å². The van der Waals surface area contributed by atoms with Gasteiger partial charge in [0.2, 0.25) is 5.89 Å². The molecule has 0 radical (unpaired) electrons. The molecule has 0 unspecified atom stereocenters. The van der Waals surface area contributed by atoms with E-state index in [0.29, 0.717) is 11.3 Å². The van der Waals surface area contributed by atoms with E-state index in [1.54, 1.807) is 18.2 Å². The molecule has 0 aliphatic heterocycles. The Hall–Kier alpha value is -3.55. The van der Waals surface area contributed by atoms with Crippen LogP contribution in [0.5, 0.6) is 0 Å². The van der Waals surface area contributed by atoms with Gasteiger partial charge in [-0.1, -0.05) is 6.07 Å². The average Bonchev–Trinajstić information content (AvgIpc) is 3.12. The highest BCUT2D eigenvalue weighted by Crippen LogP contribution is 2.19. The molecule has 3 aromatic rings. The lowest BCUT2D eigenvalue weighted by Gasteiger charge is -2.04. The van der Waals surface area contributed by atoms with E-state index in [0.717, 1.165) is 0 Å². The van der Waals surface area contributed by atoms with Crippen LogP contribution >= 0.6 is 0 Å². The summed E-state index contributed by atoms with van der Waals surface area (Å²) in [5.74, 6) is -1.72. The molecule has 0 atom stereocenters. The molecule has 7 nitrogen and oxygen atoms in total. The fraction of sp³-hybridized carbons (Fsp3) is 0.0588. The smallest absolute Gasteiger partial charge is 0.337 e. The van der Waals surface area contributed by atoms with Crippen LogP contribution in [-0.2, 0) is 4.74 Å². The Kier molecular flexibility index (Phi) is 4.51. The molecular weight excluding hydrogens is 329 g/mol. The average molecular weight is 341 g/mol. The Morgan fingerprint density at radius 2 is 1.88 bits per heavy atom. The molecule has 1 amide bonds. The summed E-state index contributed by atoms with van der Waals surface area (Å²) in [5, 5.41) is 9.98. The number of benzene rings is 2. The van der Waals surface area contributed by atoms with Gasteiger partial charge in [0.1, 0.15) is 5.82 Å². The number of anilines is 1. The van der Waals surface area contributed by atoms with Crippen LogP contribution in [0.4, 0.5) is 10.1 Å². The quantitative estimate of drug-likeness (QED) is 0.733. The molecule has 0 aliphatic carbocycles. The number of amides is 1. The highest BCUT2D eigenvalue weighted by Gasteiger charge is 2.17. The monoisotopic (exact) mass is 341 g/mol. The molecule has 25 heavy (non-hydrogen) atoms. The number of rotatable bonds is 4. The molecule has 1 aromatic heterocycles. The molecule has 0 saturated heterocycles. The van der Waals surface area contributed by atoms with Gasteiger partial charge in [-0.15, -0.1) is 10.2 Å². The highest BCUT2D eigenvalue weighted by atomic mass is 19.1. The van der Waals surface area contributed by atoms with Gasteiger partial charge >= 0.3 is 17.8 Å². The van der Waals surface area contributed by atoms with Gasteiger partial charge in [0.25, 0.3) is 0 Å². The van der Waals surface area contributed by atoms with Crippen molar-refractivity contribution in [2.75, 3.05) is 12.4 Å². The second-order valence-corrected chi connectivity index (χ2v) is 4.95. The number of hydrogen-bond donors (Lipinski definition) is 1. The fourth-order valence-corrected chi connectivity index (χ4v) is 2.05. The number of ether oxygens (including phenoxy) is 1. The number of hydrogen-bond acceptors (Lipinski definition) is 6. The maximum atomic E-state index is 12.9. The van der Waals surface area contributed by atoms with Crippen molar-refractivity contribution in [3.8, 4) is 11.5 Å². The summed E-state index contributed by atoms with van der Waals surface area (Å²) in [4.78, 5) is 23.7. The van der Waals surface area contributed by atoms with E-state index in [1.807, 2.05) is 0 Å². The highest BCUT2D eigenvalue weighted by molar-refractivity contribution is 6.01. The third-order valence-electron chi connectivity index (χ3n) is 3.25. The van der Waals surface area contributed by atoms with Gasteiger partial charge in [-0.05, 0) is 42.5 Å². The third kappa shape index (κ3) is 3.69. The van der Waals surface area contributed by atoms with Crippen LogP contribution in [0.2, 0.25) is 0 Å². The topological polar surface area (TPSA) is 94.3 Å². The van der Waals surface area contributed by atoms with Crippen LogP contribution in [0.1, 0.15) is 21.0 Å². The zero-order chi connectivity index (χ0) is 17.8. The predicted molar refractivity (Wildman–Crippen MR) is 85.4 cm³/mol. The van der Waals surface area contributed by atoms with Gasteiger partial charge in [0, 0.05) is 11.3 Å². The van der Waals surface area contributed by atoms with Crippen molar-refractivity contribution in [3.63, 3.8) is 0 Å². The van der Waals surface area contributed by atoms with Crippen LogP contribution in [-0.4, -0.2) is 29.2 Å². The van der Waals surface area contributed by atoms with E-state index < -0.39 is 17.7 Å². The first kappa shape index (κ1) is 16.3. The molecule has 2 aromatic carbocycles. The number of nitrogens with zero attached hydrogens (tertiary/aromatic N) is 2. The number of methoxy groups -OCH3 is 1. The molecule has 0 spiro atoms. The first-order valence-corrected chi connectivity index (χ1v) is 7.16. The Morgan fingerprint density at radius 3 is 2.60 bits per heavy atom. The standard InChI is InChI=1S/C17H12FN3O4/c1-24-17(23)11-3-2-4-13(9-11)19-14(22)16-21-20-15(25-16)10-5-7-12(18)8-6-10/h2-9H,1H3,(H,19,22). The van der Waals surface area contributed by atoms with Crippen molar-refractivity contribution in [1.29, 1.82) is 0 Å². The molecule has 0 saturated carbocycles. The number of esters is 1. The summed E-state index contributed by atoms with van der Waals surface area (Å²) in [5.41, 5.74) is 1.15. The number of carbonyl (C=O) groups excluding carboxylic acids is 2. The van der Waals surface area contributed by atoms with Crippen LogP contribution in [0.25, 0.3) is 11.5 Å². The number of carbonyl (C=O) groups is 2. The minimum absolute atomic E-state index is 0.0912. The molecule has 126 valence electrons. The maximum Gasteiger partial charge on any atom is 0.337 e. The summed E-state index contributed by atoms with van der Waals surface area (Å²) in [7, 11) is 1.27. The van der Waals surface area contributed by atoms with Gasteiger partial charge in [-0.3, -0.25) is 4.79 Å². The molecular formula is C17H12FN3O4. The molecule has 1 heterocycles. The minimum Gasteiger partial charge on any atom is -0.465 e. The van der Waals surface area contributed by atoms with Crippen molar-refractivity contribution in [2.24, 2.45) is 0 Å². The molecule has 8 heteroatoms. The van der Waals surface area contributed by atoms with E-state index in [-0.39, 0.29) is 17.3 Å². The van der Waals surface area contributed by atoms with Crippen molar-refractivity contribution < 1.29 is 23.1 Å². The van der Waals surface area contributed by atoms with Crippen LogP contribution in [0.3, 0.4) is 0 Å². The molecule has 0 fully saturated rings.